The Morgan fingerprint density at radius 2 is 1.57 bits per heavy atom. The first-order chi connectivity index (χ1) is 14.3. The van der Waals surface area contributed by atoms with Gasteiger partial charge >= 0.3 is 0 Å². The van der Waals surface area contributed by atoms with Crippen LogP contribution < -0.4 is 14.8 Å². The predicted octanol–water partition coefficient (Wildman–Crippen LogP) is 3.57. The second-order valence-electron chi connectivity index (χ2n) is 7.79. The highest BCUT2D eigenvalue weighted by atomic mass is 16.5. The maximum Gasteiger partial charge on any atom is 0.261 e. The molecule has 0 bridgehead atoms. The fourth-order valence-electron chi connectivity index (χ4n) is 2.83. The molecule has 0 fully saturated rings. The third-order valence-electron chi connectivity index (χ3n) is 4.75. The molecule has 0 saturated carbocycles. The summed E-state index contributed by atoms with van der Waals surface area (Å²) >= 11 is 0. The van der Waals surface area contributed by atoms with E-state index < -0.39 is 6.04 Å². The summed E-state index contributed by atoms with van der Waals surface area (Å²) in [5.74, 6) is 1.26. The van der Waals surface area contributed by atoms with Gasteiger partial charge in [-0.1, -0.05) is 43.7 Å². The average Bonchev–Trinajstić information content (AvgIpc) is 2.75. The molecule has 0 unspecified atom stereocenters. The van der Waals surface area contributed by atoms with Crippen LogP contribution in [0.5, 0.6) is 11.5 Å². The van der Waals surface area contributed by atoms with Crippen molar-refractivity contribution in [3.8, 4) is 11.5 Å². The molecule has 6 heteroatoms. The van der Waals surface area contributed by atoms with Gasteiger partial charge in [0.2, 0.25) is 5.91 Å². The van der Waals surface area contributed by atoms with Gasteiger partial charge in [0.1, 0.15) is 17.5 Å². The van der Waals surface area contributed by atoms with E-state index in [1.807, 2.05) is 69.3 Å². The normalized spacial score (nSPS) is 11.7. The molecule has 0 aliphatic rings. The standard InChI is InChI=1S/C24H32N2O4/c1-17(2)14-25-24(28)19(4)26(15-20-8-12-21(29-5)13-9-20)23(27)16-30-22-10-6-18(3)7-11-22/h6-13,17,19H,14-16H2,1-5H3,(H,25,28)/t19-/m1/s1. The molecule has 0 aliphatic carbocycles. The Balaban J connectivity index is 2.12. The second-order valence-corrected chi connectivity index (χ2v) is 7.79. The SMILES string of the molecule is COc1ccc(CN(C(=O)COc2ccc(C)cc2)[C@H](C)C(=O)NCC(C)C)cc1. The number of carbonyl (C=O) groups is 2. The summed E-state index contributed by atoms with van der Waals surface area (Å²) in [7, 11) is 1.61. The van der Waals surface area contributed by atoms with Crippen LogP contribution in [0, 0.1) is 12.8 Å². The van der Waals surface area contributed by atoms with Gasteiger partial charge in [0.25, 0.3) is 5.91 Å². The number of hydrogen-bond donors (Lipinski definition) is 1. The summed E-state index contributed by atoms with van der Waals surface area (Å²) < 4.78 is 10.9. The number of ether oxygens (including phenoxy) is 2. The van der Waals surface area contributed by atoms with Gasteiger partial charge < -0.3 is 19.7 Å². The van der Waals surface area contributed by atoms with E-state index in [1.165, 1.54) is 0 Å². The molecule has 0 aromatic heterocycles. The van der Waals surface area contributed by atoms with Crippen LogP contribution in [0.25, 0.3) is 0 Å². The Kier molecular flexibility index (Phi) is 8.71. The van der Waals surface area contributed by atoms with E-state index in [4.69, 9.17) is 9.47 Å². The lowest BCUT2D eigenvalue weighted by Gasteiger charge is -2.29. The lowest BCUT2D eigenvalue weighted by molar-refractivity contribution is -0.142. The zero-order chi connectivity index (χ0) is 22.1. The molecule has 0 saturated heterocycles. The van der Waals surface area contributed by atoms with Crippen LogP contribution in [0.1, 0.15) is 31.9 Å². The third kappa shape index (κ3) is 7.10. The molecule has 30 heavy (non-hydrogen) atoms. The van der Waals surface area contributed by atoms with E-state index in [2.05, 4.69) is 5.32 Å². The average molecular weight is 413 g/mol. The minimum atomic E-state index is -0.625. The second kappa shape index (κ2) is 11.2. The third-order valence-corrected chi connectivity index (χ3v) is 4.75. The summed E-state index contributed by atoms with van der Waals surface area (Å²) in [6.07, 6.45) is 0. The van der Waals surface area contributed by atoms with Crippen LogP contribution in [0.2, 0.25) is 0 Å². The number of aryl methyl sites for hydroxylation is 1. The molecule has 1 atom stereocenters. The first-order valence-electron chi connectivity index (χ1n) is 10.2. The van der Waals surface area contributed by atoms with Crippen LogP contribution in [0.4, 0.5) is 0 Å². The first-order valence-corrected chi connectivity index (χ1v) is 10.2. The molecule has 0 spiro atoms. The Morgan fingerprint density at radius 3 is 2.13 bits per heavy atom. The van der Waals surface area contributed by atoms with Crippen molar-refractivity contribution in [3.63, 3.8) is 0 Å². The van der Waals surface area contributed by atoms with Crippen molar-refractivity contribution in [2.45, 2.75) is 40.3 Å². The molecule has 0 heterocycles. The summed E-state index contributed by atoms with van der Waals surface area (Å²) in [6, 6.07) is 14.3. The lowest BCUT2D eigenvalue weighted by atomic mass is 10.1. The number of hydrogen-bond acceptors (Lipinski definition) is 4. The zero-order valence-electron chi connectivity index (χ0n) is 18.5. The topological polar surface area (TPSA) is 67.9 Å². The molecule has 0 aliphatic heterocycles. The van der Waals surface area contributed by atoms with Crippen molar-refractivity contribution < 1.29 is 19.1 Å². The molecule has 2 amide bonds. The molecule has 6 nitrogen and oxygen atoms in total. The number of nitrogens with one attached hydrogen (secondary N) is 1. The van der Waals surface area contributed by atoms with Gasteiger partial charge in [0.05, 0.1) is 7.11 Å². The highest BCUT2D eigenvalue weighted by molar-refractivity contribution is 5.87. The highest BCUT2D eigenvalue weighted by Gasteiger charge is 2.26. The Labute approximate surface area is 179 Å². The van der Waals surface area contributed by atoms with E-state index in [9.17, 15) is 9.59 Å². The highest BCUT2D eigenvalue weighted by Crippen LogP contribution is 2.16. The van der Waals surface area contributed by atoms with Gasteiger partial charge in [-0.2, -0.15) is 0 Å². The predicted molar refractivity (Wildman–Crippen MR) is 118 cm³/mol. The van der Waals surface area contributed by atoms with E-state index in [-0.39, 0.29) is 18.4 Å². The lowest BCUT2D eigenvalue weighted by Crippen LogP contribution is -2.49. The number of carbonyl (C=O) groups excluding carboxylic acids is 2. The number of nitrogens with zero attached hydrogens (tertiary/aromatic N) is 1. The maximum absolute atomic E-state index is 13.0. The minimum absolute atomic E-state index is 0.138. The Bertz CT molecular complexity index is 816. The number of amides is 2. The van der Waals surface area contributed by atoms with Crippen molar-refractivity contribution in [2.24, 2.45) is 5.92 Å². The van der Waals surface area contributed by atoms with Gasteiger partial charge in [-0.25, -0.2) is 0 Å². The van der Waals surface area contributed by atoms with Crippen LogP contribution in [0.15, 0.2) is 48.5 Å². The van der Waals surface area contributed by atoms with Crippen molar-refractivity contribution in [3.05, 3.63) is 59.7 Å². The number of rotatable bonds is 10. The van der Waals surface area contributed by atoms with Crippen molar-refractivity contribution in [1.82, 2.24) is 10.2 Å². The van der Waals surface area contributed by atoms with Crippen LogP contribution in [0.3, 0.4) is 0 Å². The summed E-state index contributed by atoms with van der Waals surface area (Å²) in [6.45, 7) is 8.51. The van der Waals surface area contributed by atoms with Gasteiger partial charge in [0.15, 0.2) is 6.61 Å². The summed E-state index contributed by atoms with van der Waals surface area (Å²) in [4.78, 5) is 27.2. The van der Waals surface area contributed by atoms with Crippen molar-refractivity contribution in [2.75, 3.05) is 20.3 Å². The van der Waals surface area contributed by atoms with E-state index in [0.717, 1.165) is 16.9 Å². The van der Waals surface area contributed by atoms with Gasteiger partial charge in [-0.3, -0.25) is 9.59 Å². The summed E-state index contributed by atoms with van der Waals surface area (Å²) in [5.41, 5.74) is 2.02. The van der Waals surface area contributed by atoms with Gasteiger partial charge in [-0.05, 0) is 49.6 Å². The van der Waals surface area contributed by atoms with E-state index in [1.54, 1.807) is 18.9 Å². The molecular formula is C24H32N2O4. The maximum atomic E-state index is 13.0. The largest absolute Gasteiger partial charge is 0.497 e. The number of benzene rings is 2. The molecule has 162 valence electrons. The molecule has 2 rings (SSSR count). The van der Waals surface area contributed by atoms with Crippen molar-refractivity contribution in [1.29, 1.82) is 0 Å². The fraction of sp³-hybridized carbons (Fsp3) is 0.417. The molecular weight excluding hydrogens is 380 g/mol. The smallest absolute Gasteiger partial charge is 0.261 e. The first kappa shape index (κ1) is 23.3. The fourth-order valence-corrected chi connectivity index (χ4v) is 2.83. The minimum Gasteiger partial charge on any atom is -0.497 e. The monoisotopic (exact) mass is 412 g/mol. The molecule has 2 aromatic carbocycles. The molecule has 2 aromatic rings. The molecule has 0 radical (unpaired) electrons. The van der Waals surface area contributed by atoms with Crippen LogP contribution in [-0.2, 0) is 16.1 Å². The van der Waals surface area contributed by atoms with Crippen LogP contribution in [-0.4, -0.2) is 43.0 Å². The Hall–Kier alpha value is -3.02. The van der Waals surface area contributed by atoms with Gasteiger partial charge in [-0.15, -0.1) is 0 Å². The van der Waals surface area contributed by atoms with Crippen molar-refractivity contribution >= 4 is 11.8 Å². The number of methoxy groups -OCH3 is 1. The van der Waals surface area contributed by atoms with E-state index >= 15 is 0 Å². The summed E-state index contributed by atoms with van der Waals surface area (Å²) in [5, 5.41) is 2.91. The zero-order valence-corrected chi connectivity index (χ0v) is 18.5. The quantitative estimate of drug-likeness (QED) is 0.648. The van der Waals surface area contributed by atoms with E-state index in [0.29, 0.717) is 24.8 Å². The Morgan fingerprint density at radius 1 is 0.967 bits per heavy atom. The molecule has 1 N–H and O–H groups in total. The van der Waals surface area contributed by atoms with Gasteiger partial charge in [0, 0.05) is 13.1 Å². The van der Waals surface area contributed by atoms with Crippen LogP contribution >= 0.6 is 0 Å².